The molecule has 1 unspecified atom stereocenters. The number of benzene rings is 1. The molecule has 1 aromatic carbocycles. The Kier molecular flexibility index (Phi) is 3.60. The van der Waals surface area contributed by atoms with Crippen molar-refractivity contribution in [3.05, 3.63) is 23.8 Å². The van der Waals surface area contributed by atoms with Gasteiger partial charge in [-0.2, -0.15) is 0 Å². The van der Waals surface area contributed by atoms with Gasteiger partial charge in [-0.25, -0.2) is 4.79 Å². The van der Waals surface area contributed by atoms with Crippen LogP contribution >= 0.6 is 0 Å². The number of amides is 2. The van der Waals surface area contributed by atoms with Gasteiger partial charge in [0.15, 0.2) is 0 Å². The normalized spacial score (nSPS) is 18.3. The molecule has 1 aliphatic rings. The number of methoxy groups -OCH3 is 1. The van der Waals surface area contributed by atoms with Crippen molar-refractivity contribution in [2.75, 3.05) is 25.2 Å². The summed E-state index contributed by atoms with van der Waals surface area (Å²) < 4.78 is 4.67. The highest BCUT2D eigenvalue weighted by Crippen LogP contribution is 2.27. The van der Waals surface area contributed by atoms with E-state index in [1.807, 2.05) is 0 Å². The molecular formula is C13H15N3O4. The third-order valence-corrected chi connectivity index (χ3v) is 3.20. The van der Waals surface area contributed by atoms with Crippen LogP contribution in [-0.2, 0) is 14.3 Å². The van der Waals surface area contributed by atoms with Crippen molar-refractivity contribution in [3.63, 3.8) is 0 Å². The third kappa shape index (κ3) is 2.29. The molecule has 7 nitrogen and oxygen atoms in total. The van der Waals surface area contributed by atoms with Gasteiger partial charge < -0.3 is 15.8 Å². The molecule has 0 bridgehead atoms. The molecule has 0 radical (unpaired) electrons. The number of nitrogens with one attached hydrogen (secondary N) is 1. The number of nitrogens with two attached hydrogens (primary N) is 1. The summed E-state index contributed by atoms with van der Waals surface area (Å²) >= 11 is 0. The number of carbonyl (C=O) groups excluding carboxylic acids is 3. The largest absolute Gasteiger partial charge is 0.465 e. The summed E-state index contributed by atoms with van der Waals surface area (Å²) in [6, 6.07) is 4.02. The number of nitrogen functional groups attached to an aromatic ring is 1. The lowest BCUT2D eigenvalue weighted by Gasteiger charge is -2.16. The number of rotatable bonds is 3. The van der Waals surface area contributed by atoms with Crippen molar-refractivity contribution in [2.24, 2.45) is 0 Å². The van der Waals surface area contributed by atoms with Crippen molar-refractivity contribution in [1.29, 1.82) is 0 Å². The van der Waals surface area contributed by atoms with Gasteiger partial charge in [-0.1, -0.05) is 6.07 Å². The van der Waals surface area contributed by atoms with E-state index in [9.17, 15) is 14.4 Å². The Morgan fingerprint density at radius 1 is 1.45 bits per heavy atom. The molecule has 1 aromatic rings. The maximum absolute atomic E-state index is 11.9. The van der Waals surface area contributed by atoms with E-state index in [1.54, 1.807) is 12.1 Å². The summed E-state index contributed by atoms with van der Waals surface area (Å²) in [5, 5.41) is 2.87. The number of nitrogens with zero attached hydrogens (tertiary/aromatic N) is 1. The molecule has 1 aliphatic heterocycles. The van der Waals surface area contributed by atoms with Crippen molar-refractivity contribution >= 4 is 29.2 Å². The molecule has 20 heavy (non-hydrogen) atoms. The molecule has 2 amide bonds. The van der Waals surface area contributed by atoms with Crippen LogP contribution in [0.4, 0.5) is 11.4 Å². The zero-order chi connectivity index (χ0) is 14.9. The number of likely N-dealkylation sites (N-methyl/N-ethyl adjacent to an activating group) is 1. The summed E-state index contributed by atoms with van der Waals surface area (Å²) in [6.07, 6.45) is 0.0320. The van der Waals surface area contributed by atoms with Gasteiger partial charge in [-0.05, 0) is 12.1 Å². The highest BCUT2D eigenvalue weighted by Gasteiger charge is 2.36. The maximum Gasteiger partial charge on any atom is 0.340 e. The minimum Gasteiger partial charge on any atom is -0.465 e. The number of para-hydroxylation sites is 1. The number of carbonyl (C=O) groups is 3. The lowest BCUT2D eigenvalue weighted by atomic mass is 10.1. The fraction of sp³-hybridized carbons (Fsp3) is 0.308. The van der Waals surface area contributed by atoms with Gasteiger partial charge in [-0.3, -0.25) is 14.5 Å². The quantitative estimate of drug-likeness (QED) is 0.465. The Labute approximate surface area is 115 Å². The molecule has 3 N–H and O–H groups in total. The number of ether oxygens (including phenoxy) is 1. The maximum atomic E-state index is 11.9. The molecule has 0 aromatic heterocycles. The van der Waals surface area contributed by atoms with Crippen molar-refractivity contribution < 1.29 is 19.1 Å². The predicted octanol–water partition coefficient (Wildman–Crippen LogP) is 0.225. The van der Waals surface area contributed by atoms with Crippen LogP contribution in [0.15, 0.2) is 18.2 Å². The van der Waals surface area contributed by atoms with Crippen LogP contribution < -0.4 is 11.1 Å². The van der Waals surface area contributed by atoms with Crippen LogP contribution in [0.2, 0.25) is 0 Å². The highest BCUT2D eigenvalue weighted by molar-refractivity contribution is 6.08. The highest BCUT2D eigenvalue weighted by atomic mass is 16.5. The molecule has 0 spiro atoms. The van der Waals surface area contributed by atoms with Gasteiger partial charge >= 0.3 is 5.97 Å². The number of esters is 1. The van der Waals surface area contributed by atoms with E-state index in [1.165, 1.54) is 20.2 Å². The summed E-state index contributed by atoms with van der Waals surface area (Å²) in [6.45, 7) is 0. The number of likely N-dealkylation sites (tertiary alicyclic amines) is 1. The van der Waals surface area contributed by atoms with Crippen LogP contribution in [0.5, 0.6) is 0 Å². The van der Waals surface area contributed by atoms with Crippen LogP contribution in [0.25, 0.3) is 0 Å². The van der Waals surface area contributed by atoms with E-state index < -0.39 is 12.0 Å². The van der Waals surface area contributed by atoms with Crippen LogP contribution in [0.3, 0.4) is 0 Å². The van der Waals surface area contributed by atoms with Gasteiger partial charge in [-0.15, -0.1) is 0 Å². The predicted molar refractivity (Wildman–Crippen MR) is 72.0 cm³/mol. The van der Waals surface area contributed by atoms with Gasteiger partial charge in [0.2, 0.25) is 5.91 Å². The fourth-order valence-electron chi connectivity index (χ4n) is 2.05. The van der Waals surface area contributed by atoms with Crippen LogP contribution in [0, 0.1) is 0 Å². The Morgan fingerprint density at radius 3 is 2.70 bits per heavy atom. The lowest BCUT2D eigenvalue weighted by Crippen LogP contribution is -2.32. The Balaban J connectivity index is 2.32. The van der Waals surface area contributed by atoms with Crippen molar-refractivity contribution in [1.82, 2.24) is 4.90 Å². The summed E-state index contributed by atoms with van der Waals surface area (Å²) in [5.41, 5.74) is 6.67. The number of hydrogen-bond donors (Lipinski definition) is 2. The Bertz CT molecular complexity index is 585. The van der Waals surface area contributed by atoms with E-state index >= 15 is 0 Å². The minimum absolute atomic E-state index is 0.0320. The summed E-state index contributed by atoms with van der Waals surface area (Å²) in [7, 11) is 2.68. The monoisotopic (exact) mass is 277 g/mol. The molecular weight excluding hydrogens is 262 g/mol. The van der Waals surface area contributed by atoms with Crippen molar-refractivity contribution in [3.8, 4) is 0 Å². The van der Waals surface area contributed by atoms with Gasteiger partial charge in [0, 0.05) is 7.05 Å². The second-order valence-electron chi connectivity index (χ2n) is 4.45. The average molecular weight is 277 g/mol. The van der Waals surface area contributed by atoms with E-state index in [-0.39, 0.29) is 23.8 Å². The van der Waals surface area contributed by atoms with Gasteiger partial charge in [0.1, 0.15) is 6.04 Å². The summed E-state index contributed by atoms with van der Waals surface area (Å²) in [5.74, 6) is -1.19. The summed E-state index contributed by atoms with van der Waals surface area (Å²) in [4.78, 5) is 36.1. The molecule has 0 saturated carbocycles. The van der Waals surface area contributed by atoms with E-state index in [0.717, 1.165) is 4.90 Å². The lowest BCUT2D eigenvalue weighted by molar-refractivity contribution is -0.136. The Hall–Kier alpha value is -2.57. The fourth-order valence-corrected chi connectivity index (χ4v) is 2.05. The first-order valence-corrected chi connectivity index (χ1v) is 5.99. The molecule has 1 fully saturated rings. The number of hydrogen-bond acceptors (Lipinski definition) is 6. The Morgan fingerprint density at radius 2 is 2.15 bits per heavy atom. The van der Waals surface area contributed by atoms with Gasteiger partial charge in [0.25, 0.3) is 5.91 Å². The second kappa shape index (κ2) is 5.20. The smallest absolute Gasteiger partial charge is 0.340 e. The average Bonchev–Trinajstić information content (AvgIpc) is 2.67. The van der Waals surface area contributed by atoms with Gasteiger partial charge in [0.05, 0.1) is 30.5 Å². The number of imide groups is 1. The standard InChI is InChI=1S/C13H15N3O4/c1-16-10(17)6-9(12(16)18)15-11-7(13(19)20-2)4-3-5-8(11)14/h3-5,9,15H,6,14H2,1-2H3. The molecule has 2 rings (SSSR count). The second-order valence-corrected chi connectivity index (χ2v) is 4.45. The zero-order valence-electron chi connectivity index (χ0n) is 11.2. The topological polar surface area (TPSA) is 102 Å². The molecule has 1 heterocycles. The first-order chi connectivity index (χ1) is 9.45. The SMILES string of the molecule is COC(=O)c1cccc(N)c1NC1CC(=O)N(C)C1=O. The zero-order valence-corrected chi connectivity index (χ0v) is 11.2. The first-order valence-electron chi connectivity index (χ1n) is 5.99. The van der Waals surface area contributed by atoms with Crippen molar-refractivity contribution in [2.45, 2.75) is 12.5 Å². The number of anilines is 2. The van der Waals surface area contributed by atoms with Crippen LogP contribution in [0.1, 0.15) is 16.8 Å². The van der Waals surface area contributed by atoms with E-state index in [2.05, 4.69) is 10.1 Å². The molecule has 0 aliphatic carbocycles. The van der Waals surface area contributed by atoms with E-state index in [0.29, 0.717) is 11.4 Å². The molecule has 1 atom stereocenters. The van der Waals surface area contributed by atoms with Crippen LogP contribution in [-0.4, -0.2) is 42.9 Å². The first kappa shape index (κ1) is 13.9. The third-order valence-electron chi connectivity index (χ3n) is 3.20. The van der Waals surface area contributed by atoms with E-state index in [4.69, 9.17) is 5.73 Å². The molecule has 7 heteroatoms. The minimum atomic E-state index is -0.722. The molecule has 106 valence electrons. The molecule has 1 saturated heterocycles.